The number of hydrogen-bond donors (Lipinski definition) is 2. The van der Waals surface area contributed by atoms with E-state index in [1.807, 2.05) is 24.3 Å². The Morgan fingerprint density at radius 3 is 2.70 bits per heavy atom. The molecule has 0 bridgehead atoms. The van der Waals surface area contributed by atoms with Gasteiger partial charge in [0, 0.05) is 18.0 Å². The number of nitrogens with one attached hydrogen (secondary N) is 2. The van der Waals surface area contributed by atoms with E-state index in [1.165, 1.54) is 7.11 Å². The van der Waals surface area contributed by atoms with Crippen molar-refractivity contribution in [3.8, 4) is 5.75 Å². The molecule has 0 saturated carbocycles. The standard InChI is InChI=1S/C19H17ClN4O3/c1-26-14-5-3-4-13(11-14)22-19-21-9-8-17(24-19)23-16-10-12(18(25)27-2)6-7-15(16)20/h3-11H,1-2H3,(H2,21,22,23,24). The number of hydrogen-bond acceptors (Lipinski definition) is 7. The highest BCUT2D eigenvalue weighted by Crippen LogP contribution is 2.27. The van der Waals surface area contributed by atoms with Gasteiger partial charge in [0.15, 0.2) is 0 Å². The van der Waals surface area contributed by atoms with Crippen molar-refractivity contribution < 1.29 is 14.3 Å². The Hall–Kier alpha value is -3.32. The number of carbonyl (C=O) groups excluding carboxylic acids is 1. The summed E-state index contributed by atoms with van der Waals surface area (Å²) in [5, 5.41) is 6.64. The lowest BCUT2D eigenvalue weighted by Gasteiger charge is -2.11. The van der Waals surface area contributed by atoms with E-state index in [2.05, 4.69) is 20.6 Å². The van der Waals surface area contributed by atoms with Gasteiger partial charge in [-0.15, -0.1) is 0 Å². The van der Waals surface area contributed by atoms with Crippen LogP contribution in [0.25, 0.3) is 0 Å². The molecule has 0 aliphatic heterocycles. The SMILES string of the molecule is COC(=O)c1ccc(Cl)c(Nc2ccnc(Nc3cccc(OC)c3)n2)c1. The Labute approximate surface area is 161 Å². The first kappa shape index (κ1) is 18.5. The van der Waals surface area contributed by atoms with Crippen molar-refractivity contribution in [2.45, 2.75) is 0 Å². The van der Waals surface area contributed by atoms with Crippen LogP contribution in [0.3, 0.4) is 0 Å². The number of halogens is 1. The highest BCUT2D eigenvalue weighted by Gasteiger charge is 2.10. The summed E-state index contributed by atoms with van der Waals surface area (Å²) in [5.74, 6) is 1.19. The summed E-state index contributed by atoms with van der Waals surface area (Å²) in [6.45, 7) is 0. The van der Waals surface area contributed by atoms with Gasteiger partial charge in [-0.05, 0) is 36.4 Å². The van der Waals surface area contributed by atoms with Gasteiger partial charge >= 0.3 is 5.97 Å². The molecule has 2 aromatic carbocycles. The lowest BCUT2D eigenvalue weighted by atomic mass is 10.2. The average Bonchev–Trinajstić information content (AvgIpc) is 2.69. The normalized spacial score (nSPS) is 10.2. The maximum Gasteiger partial charge on any atom is 0.337 e. The highest BCUT2D eigenvalue weighted by atomic mass is 35.5. The molecule has 2 N–H and O–H groups in total. The molecular formula is C19H17ClN4O3. The molecule has 3 aromatic rings. The number of aromatic nitrogens is 2. The first-order chi connectivity index (χ1) is 13.1. The molecule has 138 valence electrons. The van der Waals surface area contributed by atoms with Crippen molar-refractivity contribution >= 4 is 40.7 Å². The van der Waals surface area contributed by atoms with E-state index < -0.39 is 5.97 Å². The predicted octanol–water partition coefficient (Wildman–Crippen LogP) is 4.41. The van der Waals surface area contributed by atoms with E-state index >= 15 is 0 Å². The van der Waals surface area contributed by atoms with Gasteiger partial charge in [0.1, 0.15) is 11.6 Å². The first-order valence-electron chi connectivity index (χ1n) is 7.98. The van der Waals surface area contributed by atoms with Gasteiger partial charge in [-0.1, -0.05) is 17.7 Å². The molecule has 0 aliphatic rings. The molecule has 0 radical (unpaired) electrons. The molecule has 3 rings (SSSR count). The number of nitrogens with zero attached hydrogens (tertiary/aromatic N) is 2. The summed E-state index contributed by atoms with van der Waals surface area (Å²) < 4.78 is 9.93. The molecule has 0 amide bonds. The molecule has 0 saturated heterocycles. The second kappa shape index (κ2) is 8.37. The van der Waals surface area contributed by atoms with Gasteiger partial charge in [-0.25, -0.2) is 9.78 Å². The molecule has 8 heteroatoms. The monoisotopic (exact) mass is 384 g/mol. The topological polar surface area (TPSA) is 85.4 Å². The third kappa shape index (κ3) is 4.65. The minimum Gasteiger partial charge on any atom is -0.497 e. The predicted molar refractivity (Wildman–Crippen MR) is 104 cm³/mol. The Morgan fingerprint density at radius 1 is 1.07 bits per heavy atom. The van der Waals surface area contributed by atoms with Gasteiger partial charge in [0.05, 0.1) is 30.5 Å². The van der Waals surface area contributed by atoms with Gasteiger partial charge < -0.3 is 20.1 Å². The molecule has 0 fully saturated rings. The minimum absolute atomic E-state index is 0.383. The average molecular weight is 385 g/mol. The van der Waals surface area contributed by atoms with Gasteiger partial charge in [-0.2, -0.15) is 4.98 Å². The fourth-order valence-corrected chi connectivity index (χ4v) is 2.49. The van der Waals surface area contributed by atoms with Crippen molar-refractivity contribution in [1.29, 1.82) is 0 Å². The zero-order valence-electron chi connectivity index (χ0n) is 14.7. The quantitative estimate of drug-likeness (QED) is 0.608. The summed E-state index contributed by atoms with van der Waals surface area (Å²) in [5.41, 5.74) is 1.70. The minimum atomic E-state index is -0.446. The number of benzene rings is 2. The van der Waals surface area contributed by atoms with E-state index in [1.54, 1.807) is 37.6 Å². The Kier molecular flexibility index (Phi) is 5.73. The van der Waals surface area contributed by atoms with Crippen molar-refractivity contribution in [1.82, 2.24) is 9.97 Å². The van der Waals surface area contributed by atoms with Crippen LogP contribution in [0.4, 0.5) is 23.1 Å². The van der Waals surface area contributed by atoms with Crippen LogP contribution in [0, 0.1) is 0 Å². The van der Waals surface area contributed by atoms with Crippen molar-refractivity contribution in [3.05, 3.63) is 65.3 Å². The summed E-state index contributed by atoms with van der Waals surface area (Å²) in [4.78, 5) is 20.3. The molecule has 27 heavy (non-hydrogen) atoms. The van der Waals surface area contributed by atoms with Crippen LogP contribution in [-0.4, -0.2) is 30.2 Å². The highest BCUT2D eigenvalue weighted by molar-refractivity contribution is 6.33. The molecule has 0 unspecified atom stereocenters. The van der Waals surface area contributed by atoms with Crippen LogP contribution in [0.15, 0.2) is 54.7 Å². The Morgan fingerprint density at radius 2 is 1.93 bits per heavy atom. The number of rotatable bonds is 6. The zero-order valence-corrected chi connectivity index (χ0v) is 15.4. The molecule has 1 heterocycles. The molecule has 7 nitrogen and oxygen atoms in total. The smallest absolute Gasteiger partial charge is 0.337 e. The van der Waals surface area contributed by atoms with Crippen molar-refractivity contribution in [2.24, 2.45) is 0 Å². The first-order valence-corrected chi connectivity index (χ1v) is 8.36. The van der Waals surface area contributed by atoms with Gasteiger partial charge in [-0.3, -0.25) is 0 Å². The summed E-state index contributed by atoms with van der Waals surface area (Å²) in [6.07, 6.45) is 1.61. The number of esters is 1. The molecule has 0 atom stereocenters. The number of carbonyl (C=O) groups is 1. The van der Waals surface area contributed by atoms with Crippen LogP contribution < -0.4 is 15.4 Å². The molecule has 0 aliphatic carbocycles. The summed E-state index contributed by atoms with van der Waals surface area (Å²) in [6, 6.07) is 13.9. The molecule has 1 aromatic heterocycles. The van der Waals surface area contributed by atoms with Gasteiger partial charge in [0.2, 0.25) is 5.95 Å². The Balaban J connectivity index is 1.81. The van der Waals surface area contributed by atoms with E-state index in [0.717, 1.165) is 11.4 Å². The van der Waals surface area contributed by atoms with E-state index in [9.17, 15) is 4.79 Å². The van der Waals surface area contributed by atoms with Crippen LogP contribution >= 0.6 is 11.6 Å². The third-order valence-corrected chi connectivity index (χ3v) is 3.96. The largest absolute Gasteiger partial charge is 0.497 e. The van der Waals surface area contributed by atoms with E-state index in [-0.39, 0.29) is 0 Å². The summed E-state index contributed by atoms with van der Waals surface area (Å²) >= 11 is 6.21. The lowest BCUT2D eigenvalue weighted by Crippen LogP contribution is -2.04. The second-order valence-electron chi connectivity index (χ2n) is 5.43. The Bertz CT molecular complexity index is 965. The molecular weight excluding hydrogens is 368 g/mol. The second-order valence-corrected chi connectivity index (χ2v) is 5.84. The lowest BCUT2D eigenvalue weighted by molar-refractivity contribution is 0.0601. The summed E-state index contributed by atoms with van der Waals surface area (Å²) in [7, 11) is 2.93. The van der Waals surface area contributed by atoms with Crippen molar-refractivity contribution in [3.63, 3.8) is 0 Å². The van der Waals surface area contributed by atoms with Crippen LogP contribution in [0.5, 0.6) is 5.75 Å². The maximum absolute atomic E-state index is 11.7. The fourth-order valence-electron chi connectivity index (χ4n) is 2.32. The molecule has 0 spiro atoms. The third-order valence-electron chi connectivity index (χ3n) is 3.63. The van der Waals surface area contributed by atoms with Crippen molar-refractivity contribution in [2.75, 3.05) is 24.9 Å². The van der Waals surface area contributed by atoms with Crippen LogP contribution in [0.1, 0.15) is 10.4 Å². The van der Waals surface area contributed by atoms with Crippen LogP contribution in [-0.2, 0) is 4.74 Å². The fraction of sp³-hybridized carbons (Fsp3) is 0.105. The number of anilines is 4. The van der Waals surface area contributed by atoms with Crippen LogP contribution in [0.2, 0.25) is 5.02 Å². The van der Waals surface area contributed by atoms with E-state index in [0.29, 0.717) is 28.0 Å². The number of ether oxygens (including phenoxy) is 2. The maximum atomic E-state index is 11.7. The van der Waals surface area contributed by atoms with E-state index in [4.69, 9.17) is 21.1 Å². The number of methoxy groups -OCH3 is 2. The van der Waals surface area contributed by atoms with Gasteiger partial charge in [0.25, 0.3) is 0 Å². The zero-order chi connectivity index (χ0) is 19.2.